The Bertz CT molecular complexity index is 1130. The average Bonchev–Trinajstić information content (AvgIpc) is 2.71. The monoisotopic (exact) mass is 474 g/mol. The van der Waals surface area contributed by atoms with Crippen LogP contribution in [0.1, 0.15) is 44.1 Å². The fourth-order valence-corrected chi connectivity index (χ4v) is 4.85. The highest BCUT2D eigenvalue weighted by Crippen LogP contribution is 2.36. The molecular weight excluding hydrogens is 444 g/mol. The SMILES string of the molecule is Cc1ccc(S(=O)(=O)OCC2(c3ccc4c(n3)CCCN4C(=O)OC(C)(C)C)COC2)cc1. The molecular formula is C24H30N2O6S. The maximum atomic E-state index is 12.7. The van der Waals surface area contributed by atoms with Gasteiger partial charge in [0.05, 0.1) is 47.2 Å². The second-order valence-electron chi connectivity index (χ2n) is 9.70. The first kappa shape index (κ1) is 23.7. The number of pyridine rings is 1. The molecule has 2 aliphatic rings. The summed E-state index contributed by atoms with van der Waals surface area (Å²) in [6, 6.07) is 10.2. The molecule has 1 aromatic heterocycles. The van der Waals surface area contributed by atoms with E-state index < -0.39 is 27.2 Å². The zero-order chi connectivity index (χ0) is 23.9. The Kier molecular flexibility index (Phi) is 6.24. The van der Waals surface area contributed by atoms with Crippen LogP contribution in [0.4, 0.5) is 10.5 Å². The highest BCUT2D eigenvalue weighted by Gasteiger charge is 2.44. The van der Waals surface area contributed by atoms with Crippen LogP contribution in [0.2, 0.25) is 0 Å². The predicted octanol–water partition coefficient (Wildman–Crippen LogP) is 3.75. The van der Waals surface area contributed by atoms with E-state index in [-0.39, 0.29) is 11.5 Å². The van der Waals surface area contributed by atoms with E-state index in [1.165, 1.54) is 12.1 Å². The van der Waals surface area contributed by atoms with E-state index in [4.69, 9.17) is 18.6 Å². The number of anilines is 1. The van der Waals surface area contributed by atoms with Gasteiger partial charge in [-0.15, -0.1) is 0 Å². The number of benzene rings is 1. The Hall–Kier alpha value is -2.49. The lowest BCUT2D eigenvalue weighted by Crippen LogP contribution is -2.51. The molecule has 33 heavy (non-hydrogen) atoms. The fourth-order valence-electron chi connectivity index (χ4n) is 3.87. The summed E-state index contributed by atoms with van der Waals surface area (Å²) in [5.74, 6) is 0. The molecule has 4 rings (SSSR count). The Labute approximate surface area is 195 Å². The molecule has 0 spiro atoms. The number of rotatable bonds is 5. The molecule has 0 N–H and O–H groups in total. The van der Waals surface area contributed by atoms with E-state index in [9.17, 15) is 13.2 Å². The van der Waals surface area contributed by atoms with Crippen LogP contribution in [0.3, 0.4) is 0 Å². The van der Waals surface area contributed by atoms with Crippen molar-refractivity contribution >= 4 is 21.9 Å². The number of aryl methyl sites for hydroxylation is 2. The van der Waals surface area contributed by atoms with E-state index in [0.29, 0.717) is 25.5 Å². The van der Waals surface area contributed by atoms with Crippen molar-refractivity contribution in [3.63, 3.8) is 0 Å². The Morgan fingerprint density at radius 2 is 1.85 bits per heavy atom. The minimum Gasteiger partial charge on any atom is -0.443 e. The van der Waals surface area contributed by atoms with Gasteiger partial charge in [0, 0.05) is 6.54 Å². The number of hydrogen-bond acceptors (Lipinski definition) is 7. The van der Waals surface area contributed by atoms with Crippen LogP contribution in [0.5, 0.6) is 0 Å². The van der Waals surface area contributed by atoms with Crippen LogP contribution in [0.25, 0.3) is 0 Å². The van der Waals surface area contributed by atoms with Gasteiger partial charge in [-0.1, -0.05) is 17.7 Å². The summed E-state index contributed by atoms with van der Waals surface area (Å²) in [6.07, 6.45) is 1.10. The number of hydrogen-bond donors (Lipinski definition) is 0. The van der Waals surface area contributed by atoms with Crippen LogP contribution >= 0.6 is 0 Å². The van der Waals surface area contributed by atoms with Crippen molar-refractivity contribution in [3.05, 3.63) is 53.3 Å². The predicted molar refractivity (Wildman–Crippen MR) is 123 cm³/mol. The topological polar surface area (TPSA) is 95.0 Å². The first-order valence-corrected chi connectivity index (χ1v) is 12.4. The quantitative estimate of drug-likeness (QED) is 0.609. The summed E-state index contributed by atoms with van der Waals surface area (Å²) in [5.41, 5.74) is 1.95. The molecule has 0 saturated carbocycles. The van der Waals surface area contributed by atoms with Gasteiger partial charge in [0.2, 0.25) is 0 Å². The third-order valence-electron chi connectivity index (χ3n) is 5.75. The molecule has 1 fully saturated rings. The summed E-state index contributed by atoms with van der Waals surface area (Å²) >= 11 is 0. The van der Waals surface area contributed by atoms with E-state index in [2.05, 4.69) is 0 Å². The molecule has 1 aromatic carbocycles. The molecule has 3 heterocycles. The fraction of sp³-hybridized carbons (Fsp3) is 0.500. The van der Waals surface area contributed by atoms with Gasteiger partial charge in [0.1, 0.15) is 5.60 Å². The molecule has 2 aliphatic heterocycles. The van der Waals surface area contributed by atoms with Gasteiger partial charge >= 0.3 is 6.09 Å². The van der Waals surface area contributed by atoms with Crippen molar-refractivity contribution in [1.29, 1.82) is 0 Å². The van der Waals surface area contributed by atoms with E-state index in [0.717, 1.165) is 29.8 Å². The zero-order valence-electron chi connectivity index (χ0n) is 19.5. The minimum absolute atomic E-state index is 0.0647. The lowest BCUT2D eigenvalue weighted by atomic mass is 9.82. The average molecular weight is 475 g/mol. The maximum Gasteiger partial charge on any atom is 0.414 e. The molecule has 0 unspecified atom stereocenters. The van der Waals surface area contributed by atoms with Crippen molar-refractivity contribution in [2.45, 2.75) is 56.4 Å². The molecule has 9 heteroatoms. The van der Waals surface area contributed by atoms with Gasteiger partial charge < -0.3 is 9.47 Å². The number of aromatic nitrogens is 1. The van der Waals surface area contributed by atoms with Gasteiger partial charge in [0.15, 0.2) is 0 Å². The third kappa shape index (κ3) is 5.05. The number of fused-ring (bicyclic) bond motifs is 1. The second-order valence-corrected chi connectivity index (χ2v) is 11.3. The summed E-state index contributed by atoms with van der Waals surface area (Å²) in [7, 11) is -3.90. The van der Waals surface area contributed by atoms with E-state index >= 15 is 0 Å². The number of carbonyl (C=O) groups excluding carboxylic acids is 1. The Morgan fingerprint density at radius 3 is 2.45 bits per heavy atom. The molecule has 0 radical (unpaired) electrons. The van der Waals surface area contributed by atoms with Crippen LogP contribution in [-0.2, 0) is 35.6 Å². The summed E-state index contributed by atoms with van der Waals surface area (Å²) in [5, 5.41) is 0. The van der Waals surface area contributed by atoms with Crippen LogP contribution in [0, 0.1) is 6.92 Å². The van der Waals surface area contributed by atoms with Gasteiger partial charge in [-0.2, -0.15) is 8.42 Å². The van der Waals surface area contributed by atoms with Crippen molar-refractivity contribution in [2.24, 2.45) is 0 Å². The van der Waals surface area contributed by atoms with Gasteiger partial charge in [-0.3, -0.25) is 14.1 Å². The van der Waals surface area contributed by atoms with Crippen LogP contribution in [0.15, 0.2) is 41.3 Å². The Balaban J connectivity index is 1.54. The lowest BCUT2D eigenvalue weighted by Gasteiger charge is -2.41. The first-order chi connectivity index (χ1) is 15.5. The molecule has 178 valence electrons. The van der Waals surface area contributed by atoms with Gasteiger partial charge in [-0.05, 0) is 64.8 Å². The van der Waals surface area contributed by atoms with Crippen molar-refractivity contribution < 1.29 is 26.9 Å². The molecule has 8 nitrogen and oxygen atoms in total. The molecule has 2 aromatic rings. The minimum atomic E-state index is -3.90. The molecule has 1 saturated heterocycles. The summed E-state index contributed by atoms with van der Waals surface area (Å²) < 4.78 is 41.8. The number of carbonyl (C=O) groups is 1. The third-order valence-corrected chi connectivity index (χ3v) is 7.03. The van der Waals surface area contributed by atoms with E-state index in [1.807, 2.05) is 39.8 Å². The van der Waals surface area contributed by atoms with Crippen LogP contribution < -0.4 is 4.90 Å². The molecule has 0 atom stereocenters. The van der Waals surface area contributed by atoms with Gasteiger partial charge in [0.25, 0.3) is 10.1 Å². The van der Waals surface area contributed by atoms with Gasteiger partial charge in [-0.25, -0.2) is 4.79 Å². The molecule has 0 aliphatic carbocycles. The summed E-state index contributed by atoms with van der Waals surface area (Å²) in [6.45, 7) is 8.53. The summed E-state index contributed by atoms with van der Waals surface area (Å²) in [4.78, 5) is 19.2. The van der Waals surface area contributed by atoms with Crippen molar-refractivity contribution in [3.8, 4) is 0 Å². The standard InChI is InChI=1S/C24H30N2O6S/c1-17-7-9-18(10-8-17)33(28,29)31-16-24(14-30-15-24)21-12-11-20-19(25-21)6-5-13-26(20)22(27)32-23(2,3)4/h7-12H,5-6,13-16H2,1-4H3. The molecule has 1 amide bonds. The van der Waals surface area contributed by atoms with Crippen molar-refractivity contribution in [1.82, 2.24) is 4.98 Å². The zero-order valence-corrected chi connectivity index (χ0v) is 20.3. The number of nitrogens with zero attached hydrogens (tertiary/aromatic N) is 2. The number of amides is 1. The van der Waals surface area contributed by atoms with Crippen LogP contribution in [-0.4, -0.2) is 51.5 Å². The maximum absolute atomic E-state index is 12.7. The van der Waals surface area contributed by atoms with Crippen molar-refractivity contribution in [2.75, 3.05) is 31.3 Å². The second kappa shape index (κ2) is 8.70. The number of ether oxygens (including phenoxy) is 2. The highest BCUT2D eigenvalue weighted by atomic mass is 32.2. The van der Waals surface area contributed by atoms with E-state index in [1.54, 1.807) is 17.0 Å². The largest absolute Gasteiger partial charge is 0.443 e. The highest BCUT2D eigenvalue weighted by molar-refractivity contribution is 7.86. The smallest absolute Gasteiger partial charge is 0.414 e. The molecule has 0 bridgehead atoms. The normalized spacial score (nSPS) is 17.8. The Morgan fingerprint density at radius 1 is 1.15 bits per heavy atom. The lowest BCUT2D eigenvalue weighted by molar-refractivity contribution is -0.0807. The first-order valence-electron chi connectivity index (χ1n) is 11.0.